The number of aromatic nitrogens is 2. The lowest BCUT2D eigenvalue weighted by atomic mass is 10.1. The van der Waals surface area contributed by atoms with E-state index in [2.05, 4.69) is 10.3 Å². The molecule has 0 unspecified atom stereocenters. The van der Waals surface area contributed by atoms with E-state index in [1.54, 1.807) is 6.20 Å². The van der Waals surface area contributed by atoms with Crippen LogP contribution in [0.1, 0.15) is 18.5 Å². The zero-order chi connectivity index (χ0) is 16.2. The molecule has 3 rings (SSSR count). The van der Waals surface area contributed by atoms with Crippen LogP contribution in [0.15, 0.2) is 35.7 Å². The number of imidazole rings is 1. The van der Waals surface area contributed by atoms with Crippen molar-refractivity contribution < 1.29 is 14.3 Å². The first-order valence-corrected chi connectivity index (χ1v) is 8.41. The quantitative estimate of drug-likeness (QED) is 0.850. The molecule has 0 fully saturated rings. The van der Waals surface area contributed by atoms with Crippen LogP contribution in [0.25, 0.3) is 0 Å². The lowest BCUT2D eigenvalue weighted by Crippen LogP contribution is -2.28. The van der Waals surface area contributed by atoms with Gasteiger partial charge in [-0.3, -0.25) is 4.79 Å². The number of ether oxygens (including phenoxy) is 2. The number of carbonyl (C=O) groups is 1. The summed E-state index contributed by atoms with van der Waals surface area (Å²) in [6, 6.07) is 5.66. The smallest absolute Gasteiger partial charge is 0.230 e. The van der Waals surface area contributed by atoms with E-state index in [4.69, 9.17) is 9.47 Å². The molecule has 2 aromatic rings. The van der Waals surface area contributed by atoms with Crippen LogP contribution >= 0.6 is 11.8 Å². The Bertz CT molecular complexity index is 702. The molecule has 7 heteroatoms. The number of amides is 1. The van der Waals surface area contributed by atoms with Crippen molar-refractivity contribution in [1.82, 2.24) is 14.9 Å². The summed E-state index contributed by atoms with van der Waals surface area (Å²) in [6.45, 7) is 3.08. The number of hydrogen-bond acceptors (Lipinski definition) is 5. The topological polar surface area (TPSA) is 65.4 Å². The van der Waals surface area contributed by atoms with E-state index in [-0.39, 0.29) is 11.9 Å². The fourth-order valence-electron chi connectivity index (χ4n) is 2.32. The number of aryl methyl sites for hydroxylation is 1. The largest absolute Gasteiger partial charge is 0.486 e. The zero-order valence-corrected chi connectivity index (χ0v) is 13.9. The standard InChI is InChI=1S/C16H19N3O3S/c1-11(12-3-4-13-14(9-12)22-8-7-21-13)18-15(20)10-23-16-17-5-6-19(16)2/h3-6,9,11H,7-8,10H2,1-2H3,(H,18,20)/t11-/m0/s1. The highest BCUT2D eigenvalue weighted by Gasteiger charge is 2.16. The molecule has 1 aliphatic rings. The number of rotatable bonds is 5. The SMILES string of the molecule is C[C@H](NC(=O)CSc1nccn1C)c1ccc2c(c1)OCCO2. The Morgan fingerprint density at radius 1 is 1.39 bits per heavy atom. The molecule has 0 spiro atoms. The monoisotopic (exact) mass is 333 g/mol. The summed E-state index contributed by atoms with van der Waals surface area (Å²) in [6.07, 6.45) is 3.58. The summed E-state index contributed by atoms with van der Waals surface area (Å²) in [5, 5.41) is 3.82. The van der Waals surface area contributed by atoms with Crippen LogP contribution in [0.3, 0.4) is 0 Å². The normalized spacial score (nSPS) is 14.3. The highest BCUT2D eigenvalue weighted by atomic mass is 32.2. The molecule has 122 valence electrons. The maximum Gasteiger partial charge on any atom is 0.230 e. The van der Waals surface area contributed by atoms with Crippen molar-refractivity contribution in [3.63, 3.8) is 0 Å². The second kappa shape index (κ2) is 6.95. The summed E-state index contributed by atoms with van der Waals surface area (Å²) in [4.78, 5) is 16.3. The molecule has 6 nitrogen and oxygen atoms in total. The zero-order valence-electron chi connectivity index (χ0n) is 13.1. The lowest BCUT2D eigenvalue weighted by molar-refractivity contribution is -0.119. The summed E-state index contributed by atoms with van der Waals surface area (Å²) >= 11 is 1.42. The summed E-state index contributed by atoms with van der Waals surface area (Å²) in [7, 11) is 1.91. The van der Waals surface area contributed by atoms with Crippen molar-refractivity contribution in [3.8, 4) is 11.5 Å². The molecule has 0 saturated carbocycles. The van der Waals surface area contributed by atoms with Gasteiger partial charge in [0.1, 0.15) is 13.2 Å². The van der Waals surface area contributed by atoms with Crippen molar-refractivity contribution in [2.45, 2.75) is 18.1 Å². The van der Waals surface area contributed by atoms with Crippen molar-refractivity contribution in [3.05, 3.63) is 36.2 Å². The van der Waals surface area contributed by atoms with E-state index < -0.39 is 0 Å². The number of carbonyl (C=O) groups excluding carboxylic acids is 1. The van der Waals surface area contributed by atoms with Crippen LogP contribution in [0.5, 0.6) is 11.5 Å². The van der Waals surface area contributed by atoms with Gasteiger partial charge in [-0.1, -0.05) is 17.8 Å². The Balaban J connectivity index is 1.57. The Labute approximate surface area is 139 Å². The highest BCUT2D eigenvalue weighted by molar-refractivity contribution is 7.99. The van der Waals surface area contributed by atoms with Crippen LogP contribution in [0.4, 0.5) is 0 Å². The minimum Gasteiger partial charge on any atom is -0.486 e. The predicted molar refractivity (Wildman–Crippen MR) is 87.9 cm³/mol. The molecule has 1 aromatic heterocycles. The second-order valence-electron chi connectivity index (χ2n) is 5.30. The number of thioether (sulfide) groups is 1. The Morgan fingerprint density at radius 2 is 2.17 bits per heavy atom. The first kappa shape index (κ1) is 15.7. The van der Waals surface area contributed by atoms with Gasteiger partial charge in [0.15, 0.2) is 16.7 Å². The predicted octanol–water partition coefficient (Wildman–Crippen LogP) is 2.16. The third kappa shape index (κ3) is 3.79. The van der Waals surface area contributed by atoms with Crippen molar-refractivity contribution in [2.75, 3.05) is 19.0 Å². The van der Waals surface area contributed by atoms with E-state index in [0.29, 0.717) is 19.0 Å². The first-order chi connectivity index (χ1) is 11.1. The Kier molecular flexibility index (Phi) is 4.76. The van der Waals surface area contributed by atoms with E-state index in [0.717, 1.165) is 22.2 Å². The van der Waals surface area contributed by atoms with Gasteiger partial charge >= 0.3 is 0 Å². The lowest BCUT2D eigenvalue weighted by Gasteiger charge is -2.21. The van der Waals surface area contributed by atoms with Gasteiger partial charge in [0.05, 0.1) is 11.8 Å². The second-order valence-corrected chi connectivity index (χ2v) is 6.24. The van der Waals surface area contributed by atoms with Crippen LogP contribution in [-0.2, 0) is 11.8 Å². The minimum atomic E-state index is -0.0969. The van der Waals surface area contributed by atoms with Crippen LogP contribution in [0, 0.1) is 0 Å². The molecule has 0 saturated heterocycles. The molecule has 1 aliphatic heterocycles. The molecule has 1 aromatic carbocycles. The maximum atomic E-state index is 12.1. The number of benzene rings is 1. The molecular formula is C16H19N3O3S. The van der Waals surface area contributed by atoms with Gasteiger partial charge in [-0.2, -0.15) is 0 Å². The third-order valence-electron chi connectivity index (χ3n) is 3.55. The molecule has 0 radical (unpaired) electrons. The number of fused-ring (bicyclic) bond motifs is 1. The molecule has 0 aliphatic carbocycles. The molecule has 1 N–H and O–H groups in total. The molecular weight excluding hydrogens is 314 g/mol. The van der Waals surface area contributed by atoms with E-state index in [9.17, 15) is 4.79 Å². The van der Waals surface area contributed by atoms with E-state index in [1.807, 2.05) is 42.9 Å². The molecule has 0 bridgehead atoms. The third-order valence-corrected chi connectivity index (χ3v) is 4.61. The number of hydrogen-bond donors (Lipinski definition) is 1. The average molecular weight is 333 g/mol. The summed E-state index contributed by atoms with van der Waals surface area (Å²) in [5.74, 6) is 1.79. The van der Waals surface area contributed by atoms with Crippen LogP contribution < -0.4 is 14.8 Å². The fourth-order valence-corrected chi connectivity index (χ4v) is 3.06. The molecule has 23 heavy (non-hydrogen) atoms. The van der Waals surface area contributed by atoms with Crippen molar-refractivity contribution in [2.24, 2.45) is 7.05 Å². The Hall–Kier alpha value is -2.15. The van der Waals surface area contributed by atoms with Crippen molar-refractivity contribution in [1.29, 1.82) is 0 Å². The number of nitrogens with one attached hydrogen (secondary N) is 1. The van der Waals surface area contributed by atoms with Crippen LogP contribution in [-0.4, -0.2) is 34.4 Å². The van der Waals surface area contributed by atoms with E-state index in [1.165, 1.54) is 11.8 Å². The Morgan fingerprint density at radius 3 is 2.91 bits per heavy atom. The average Bonchev–Trinajstić information content (AvgIpc) is 2.97. The van der Waals surface area contributed by atoms with Gasteiger partial charge < -0.3 is 19.4 Å². The van der Waals surface area contributed by atoms with E-state index >= 15 is 0 Å². The maximum absolute atomic E-state index is 12.1. The summed E-state index contributed by atoms with van der Waals surface area (Å²) in [5.41, 5.74) is 0.990. The highest BCUT2D eigenvalue weighted by Crippen LogP contribution is 2.32. The number of nitrogens with zero attached hydrogens (tertiary/aromatic N) is 2. The van der Waals surface area contributed by atoms with Gasteiger partial charge in [-0.25, -0.2) is 4.98 Å². The van der Waals surface area contributed by atoms with Gasteiger partial charge in [0, 0.05) is 19.4 Å². The molecule has 2 heterocycles. The van der Waals surface area contributed by atoms with Crippen LogP contribution in [0.2, 0.25) is 0 Å². The van der Waals surface area contributed by atoms with Gasteiger partial charge in [-0.05, 0) is 24.6 Å². The molecule has 1 amide bonds. The minimum absolute atomic E-state index is 0.0274. The van der Waals surface area contributed by atoms with Gasteiger partial charge in [-0.15, -0.1) is 0 Å². The molecule has 1 atom stereocenters. The first-order valence-electron chi connectivity index (χ1n) is 7.42. The summed E-state index contributed by atoms with van der Waals surface area (Å²) < 4.78 is 13.0. The fraction of sp³-hybridized carbons (Fsp3) is 0.375. The van der Waals surface area contributed by atoms with Gasteiger partial charge in [0.2, 0.25) is 5.91 Å². The van der Waals surface area contributed by atoms with Crippen molar-refractivity contribution >= 4 is 17.7 Å². The van der Waals surface area contributed by atoms with Gasteiger partial charge in [0.25, 0.3) is 0 Å².